The monoisotopic (exact) mass is 278 g/mol. The number of hydrogen-bond donors (Lipinski definition) is 0. The number of ether oxygens (including phenoxy) is 4. The first kappa shape index (κ1) is 13.9. The van der Waals surface area contributed by atoms with Crippen LogP contribution in [-0.2, 0) is 9.47 Å². The number of carbonyl (C=O) groups is 2. The van der Waals surface area contributed by atoms with Gasteiger partial charge in [0.25, 0.3) is 0 Å². The fraction of sp³-hybridized carbons (Fsp3) is 0.286. The van der Waals surface area contributed by atoms with Gasteiger partial charge in [0, 0.05) is 12.1 Å². The van der Waals surface area contributed by atoms with Crippen molar-refractivity contribution in [2.24, 2.45) is 0 Å². The zero-order valence-corrected chi connectivity index (χ0v) is 11.2. The summed E-state index contributed by atoms with van der Waals surface area (Å²) in [5, 5.41) is 0. The molecule has 0 unspecified atom stereocenters. The summed E-state index contributed by atoms with van der Waals surface area (Å²) in [6.07, 6.45) is 2.67. The van der Waals surface area contributed by atoms with E-state index in [1.54, 1.807) is 13.8 Å². The van der Waals surface area contributed by atoms with Gasteiger partial charge in [-0.05, 0) is 13.8 Å². The fourth-order valence-corrected chi connectivity index (χ4v) is 1.70. The molecule has 0 amide bonds. The largest absolute Gasteiger partial charge is 0.462 e. The molecule has 0 aromatic heterocycles. The SMILES string of the molecule is CCOC(=O)c1cc2c(cc1C(=O)OCC)OC=CO2. The maximum atomic E-state index is 11.9. The van der Waals surface area contributed by atoms with Crippen molar-refractivity contribution in [3.05, 3.63) is 35.8 Å². The van der Waals surface area contributed by atoms with Crippen LogP contribution in [0.25, 0.3) is 0 Å². The second kappa shape index (κ2) is 6.10. The minimum absolute atomic E-state index is 0.0861. The summed E-state index contributed by atoms with van der Waals surface area (Å²) in [6, 6.07) is 2.81. The lowest BCUT2D eigenvalue weighted by Gasteiger charge is -2.15. The van der Waals surface area contributed by atoms with E-state index in [-0.39, 0.29) is 24.3 Å². The van der Waals surface area contributed by atoms with Crippen LogP contribution in [0.4, 0.5) is 0 Å². The Morgan fingerprint density at radius 2 is 1.30 bits per heavy atom. The van der Waals surface area contributed by atoms with E-state index in [9.17, 15) is 9.59 Å². The van der Waals surface area contributed by atoms with Crippen LogP contribution in [0.2, 0.25) is 0 Å². The lowest BCUT2D eigenvalue weighted by Crippen LogP contribution is -2.15. The summed E-state index contributed by atoms with van der Waals surface area (Å²) in [5.74, 6) is -0.555. The molecule has 1 aliphatic rings. The standard InChI is InChI=1S/C14H14O6/c1-3-17-13(15)9-7-11-12(20-6-5-19-11)8-10(9)14(16)18-4-2/h5-8H,3-4H2,1-2H3. The number of rotatable bonds is 4. The Bertz CT molecular complexity index is 512. The molecule has 0 spiro atoms. The van der Waals surface area contributed by atoms with Gasteiger partial charge in [-0.25, -0.2) is 9.59 Å². The van der Waals surface area contributed by atoms with Crippen molar-refractivity contribution >= 4 is 11.9 Å². The van der Waals surface area contributed by atoms with E-state index in [0.717, 1.165) is 0 Å². The first-order chi connectivity index (χ1) is 9.67. The lowest BCUT2D eigenvalue weighted by molar-refractivity contribution is 0.0478. The zero-order valence-electron chi connectivity index (χ0n) is 11.2. The van der Waals surface area contributed by atoms with Crippen LogP contribution in [0.3, 0.4) is 0 Å². The van der Waals surface area contributed by atoms with Crippen molar-refractivity contribution in [2.45, 2.75) is 13.8 Å². The molecule has 1 aliphatic heterocycles. The summed E-state index contributed by atoms with van der Waals surface area (Å²) >= 11 is 0. The van der Waals surface area contributed by atoms with Crippen molar-refractivity contribution in [1.82, 2.24) is 0 Å². The summed E-state index contributed by atoms with van der Waals surface area (Å²) < 4.78 is 20.3. The molecule has 2 rings (SSSR count). The third kappa shape index (κ3) is 2.74. The molecule has 106 valence electrons. The van der Waals surface area contributed by atoms with Gasteiger partial charge < -0.3 is 18.9 Å². The van der Waals surface area contributed by atoms with Gasteiger partial charge in [-0.15, -0.1) is 0 Å². The molecule has 6 nitrogen and oxygen atoms in total. The molecule has 1 aromatic rings. The minimum atomic E-state index is -0.614. The second-order valence-electron chi connectivity index (χ2n) is 3.79. The van der Waals surface area contributed by atoms with Gasteiger partial charge in [0.15, 0.2) is 11.5 Å². The van der Waals surface area contributed by atoms with Crippen LogP contribution in [0, 0.1) is 0 Å². The molecule has 0 atom stereocenters. The van der Waals surface area contributed by atoms with Gasteiger partial charge in [0.1, 0.15) is 12.5 Å². The van der Waals surface area contributed by atoms with Gasteiger partial charge in [0.05, 0.1) is 24.3 Å². The molecule has 6 heteroatoms. The van der Waals surface area contributed by atoms with E-state index in [0.29, 0.717) is 11.5 Å². The normalized spacial score (nSPS) is 11.9. The highest BCUT2D eigenvalue weighted by Gasteiger charge is 2.24. The summed E-state index contributed by atoms with van der Waals surface area (Å²) in [5.41, 5.74) is 0.172. The van der Waals surface area contributed by atoms with E-state index < -0.39 is 11.9 Å². The zero-order chi connectivity index (χ0) is 14.5. The highest BCUT2D eigenvalue weighted by molar-refractivity contribution is 6.04. The Morgan fingerprint density at radius 3 is 1.65 bits per heavy atom. The van der Waals surface area contributed by atoms with Gasteiger partial charge in [-0.1, -0.05) is 0 Å². The van der Waals surface area contributed by atoms with Crippen molar-refractivity contribution in [1.29, 1.82) is 0 Å². The van der Waals surface area contributed by atoms with Crippen LogP contribution >= 0.6 is 0 Å². The molecule has 0 saturated heterocycles. The molecular formula is C14H14O6. The van der Waals surface area contributed by atoms with Gasteiger partial charge >= 0.3 is 11.9 Å². The molecule has 20 heavy (non-hydrogen) atoms. The second-order valence-corrected chi connectivity index (χ2v) is 3.79. The third-order valence-corrected chi connectivity index (χ3v) is 2.52. The van der Waals surface area contributed by atoms with Crippen molar-refractivity contribution < 1.29 is 28.5 Å². The van der Waals surface area contributed by atoms with Crippen molar-refractivity contribution in [3.63, 3.8) is 0 Å². The highest BCUT2D eigenvalue weighted by Crippen LogP contribution is 2.34. The van der Waals surface area contributed by atoms with E-state index in [2.05, 4.69) is 0 Å². The predicted molar refractivity (Wildman–Crippen MR) is 68.8 cm³/mol. The molecule has 0 fully saturated rings. The van der Waals surface area contributed by atoms with Crippen LogP contribution in [-0.4, -0.2) is 25.2 Å². The smallest absolute Gasteiger partial charge is 0.339 e. The maximum Gasteiger partial charge on any atom is 0.339 e. The first-order valence-electron chi connectivity index (χ1n) is 6.18. The topological polar surface area (TPSA) is 71.1 Å². The molecule has 0 aliphatic carbocycles. The number of benzene rings is 1. The van der Waals surface area contributed by atoms with Crippen molar-refractivity contribution in [2.75, 3.05) is 13.2 Å². The summed E-state index contributed by atoms with van der Waals surface area (Å²) in [6.45, 7) is 3.77. The Balaban J connectivity index is 2.46. The average Bonchev–Trinajstić information content (AvgIpc) is 2.46. The predicted octanol–water partition coefficient (Wildman–Crippen LogP) is 2.28. The maximum absolute atomic E-state index is 11.9. The van der Waals surface area contributed by atoms with E-state index in [4.69, 9.17) is 18.9 Å². The Labute approximate surface area is 115 Å². The quantitative estimate of drug-likeness (QED) is 0.787. The van der Waals surface area contributed by atoms with Crippen molar-refractivity contribution in [3.8, 4) is 11.5 Å². The lowest BCUT2D eigenvalue weighted by atomic mass is 10.1. The molecule has 0 saturated carbocycles. The first-order valence-corrected chi connectivity index (χ1v) is 6.18. The minimum Gasteiger partial charge on any atom is -0.462 e. The molecule has 0 radical (unpaired) electrons. The highest BCUT2D eigenvalue weighted by atomic mass is 16.5. The number of fused-ring (bicyclic) bond motifs is 1. The van der Waals surface area contributed by atoms with Gasteiger partial charge in [-0.3, -0.25) is 0 Å². The van der Waals surface area contributed by atoms with E-state index >= 15 is 0 Å². The van der Waals surface area contributed by atoms with Crippen LogP contribution in [0.5, 0.6) is 11.5 Å². The number of carbonyl (C=O) groups excluding carboxylic acids is 2. The Hall–Kier alpha value is -2.50. The summed E-state index contributed by atoms with van der Waals surface area (Å²) in [7, 11) is 0. The van der Waals surface area contributed by atoms with Gasteiger partial charge in [0.2, 0.25) is 0 Å². The summed E-state index contributed by atoms with van der Waals surface area (Å²) in [4.78, 5) is 23.8. The molecular weight excluding hydrogens is 264 g/mol. The van der Waals surface area contributed by atoms with E-state index in [1.807, 2.05) is 0 Å². The van der Waals surface area contributed by atoms with Crippen LogP contribution in [0.15, 0.2) is 24.7 Å². The molecule has 1 heterocycles. The fourth-order valence-electron chi connectivity index (χ4n) is 1.70. The molecule has 0 bridgehead atoms. The van der Waals surface area contributed by atoms with Crippen LogP contribution < -0.4 is 9.47 Å². The Morgan fingerprint density at radius 1 is 0.900 bits per heavy atom. The molecule has 1 aromatic carbocycles. The van der Waals surface area contributed by atoms with Crippen LogP contribution in [0.1, 0.15) is 34.6 Å². The number of esters is 2. The Kier molecular flexibility index (Phi) is 4.24. The van der Waals surface area contributed by atoms with Gasteiger partial charge in [-0.2, -0.15) is 0 Å². The average molecular weight is 278 g/mol. The third-order valence-electron chi connectivity index (χ3n) is 2.52. The molecule has 0 N–H and O–H groups in total. The number of hydrogen-bond acceptors (Lipinski definition) is 6. The van der Waals surface area contributed by atoms with E-state index in [1.165, 1.54) is 24.7 Å².